The van der Waals surface area contributed by atoms with Crippen molar-refractivity contribution in [2.45, 2.75) is 52.1 Å². The molecule has 0 spiro atoms. The highest BCUT2D eigenvalue weighted by Crippen LogP contribution is 2.35. The third-order valence-corrected chi connectivity index (χ3v) is 5.68. The van der Waals surface area contributed by atoms with Gasteiger partial charge >= 0.3 is 6.03 Å². The second-order valence-corrected chi connectivity index (χ2v) is 7.92. The zero-order valence-electron chi connectivity index (χ0n) is 18.3. The molecule has 0 aromatic heterocycles. The first-order valence-electron chi connectivity index (χ1n) is 11.0. The first kappa shape index (κ1) is 22.2. The third-order valence-electron chi connectivity index (χ3n) is 5.68. The molecule has 0 radical (unpaired) electrons. The maximum atomic E-state index is 12.5. The number of carbonyl (C=O) groups excluding carboxylic acids is 2. The Balaban J connectivity index is 1.45. The van der Waals surface area contributed by atoms with Crippen LogP contribution in [-0.2, 0) is 4.79 Å². The maximum Gasteiger partial charge on any atom is 0.315 e. The van der Waals surface area contributed by atoms with E-state index in [1.165, 1.54) is 0 Å². The molecule has 0 aliphatic carbocycles. The van der Waals surface area contributed by atoms with E-state index in [9.17, 15) is 9.59 Å². The molecule has 30 heavy (non-hydrogen) atoms. The standard InChI is InChI=1S/C22H34N4O4/c1-4-25(5-2)10-6-7-16(3)23-22(28)24-17-13-21(27)26(15-17)18-8-9-19-20(14-18)30-12-11-29-19/h8-9,14,16-17H,4-7,10-13,15H2,1-3H3,(H2,23,24,28)/t16-,17+/m0/s1. The zero-order valence-corrected chi connectivity index (χ0v) is 18.3. The molecular weight excluding hydrogens is 384 g/mol. The van der Waals surface area contributed by atoms with Crippen LogP contribution in [0.3, 0.4) is 0 Å². The van der Waals surface area contributed by atoms with Gasteiger partial charge in [0, 0.05) is 30.8 Å². The summed E-state index contributed by atoms with van der Waals surface area (Å²) in [4.78, 5) is 28.9. The van der Waals surface area contributed by atoms with E-state index in [1.807, 2.05) is 25.1 Å². The van der Waals surface area contributed by atoms with Crippen molar-refractivity contribution in [3.8, 4) is 11.5 Å². The van der Waals surface area contributed by atoms with E-state index >= 15 is 0 Å². The van der Waals surface area contributed by atoms with Gasteiger partial charge < -0.3 is 29.9 Å². The molecule has 1 fully saturated rings. The number of hydrogen-bond donors (Lipinski definition) is 2. The molecule has 166 valence electrons. The predicted molar refractivity (Wildman–Crippen MR) is 116 cm³/mol. The summed E-state index contributed by atoms with van der Waals surface area (Å²) < 4.78 is 11.1. The Bertz CT molecular complexity index is 738. The van der Waals surface area contributed by atoms with E-state index in [2.05, 4.69) is 29.4 Å². The smallest absolute Gasteiger partial charge is 0.315 e. The third kappa shape index (κ3) is 5.78. The van der Waals surface area contributed by atoms with Crippen LogP contribution in [0.2, 0.25) is 0 Å². The molecule has 1 aromatic carbocycles. The fraction of sp³-hybridized carbons (Fsp3) is 0.636. The van der Waals surface area contributed by atoms with Crippen LogP contribution in [0.15, 0.2) is 18.2 Å². The largest absolute Gasteiger partial charge is 0.486 e. The number of urea groups is 1. The Morgan fingerprint density at radius 2 is 1.97 bits per heavy atom. The summed E-state index contributed by atoms with van der Waals surface area (Å²) in [6.45, 7) is 11.0. The minimum atomic E-state index is -0.216. The van der Waals surface area contributed by atoms with E-state index in [0.717, 1.165) is 38.2 Å². The number of nitrogens with zero attached hydrogens (tertiary/aromatic N) is 2. The lowest BCUT2D eigenvalue weighted by Crippen LogP contribution is -2.46. The Hall–Kier alpha value is -2.48. The van der Waals surface area contributed by atoms with Crippen LogP contribution in [-0.4, -0.2) is 68.3 Å². The summed E-state index contributed by atoms with van der Waals surface area (Å²) in [5.41, 5.74) is 0.763. The number of benzene rings is 1. The lowest BCUT2D eigenvalue weighted by atomic mass is 10.2. The first-order valence-corrected chi connectivity index (χ1v) is 11.0. The van der Waals surface area contributed by atoms with Crippen molar-refractivity contribution in [3.05, 3.63) is 18.2 Å². The summed E-state index contributed by atoms with van der Waals surface area (Å²) in [5.74, 6) is 1.34. The number of fused-ring (bicyclic) bond motifs is 1. The molecule has 8 heteroatoms. The van der Waals surface area contributed by atoms with E-state index < -0.39 is 0 Å². The maximum absolute atomic E-state index is 12.5. The van der Waals surface area contributed by atoms with Crippen LogP contribution in [0.1, 0.15) is 40.0 Å². The molecule has 2 aliphatic heterocycles. The van der Waals surface area contributed by atoms with Crippen molar-refractivity contribution in [2.75, 3.05) is 44.3 Å². The molecule has 3 rings (SSSR count). The summed E-state index contributed by atoms with van der Waals surface area (Å²) in [5, 5.41) is 5.94. The molecule has 0 saturated carbocycles. The van der Waals surface area contributed by atoms with Gasteiger partial charge in [-0.15, -0.1) is 0 Å². The van der Waals surface area contributed by atoms with Gasteiger partial charge in [0.2, 0.25) is 5.91 Å². The summed E-state index contributed by atoms with van der Waals surface area (Å²) in [7, 11) is 0. The van der Waals surface area contributed by atoms with Gasteiger partial charge in [-0.25, -0.2) is 4.79 Å². The average molecular weight is 419 g/mol. The molecule has 2 heterocycles. The quantitative estimate of drug-likeness (QED) is 0.643. The van der Waals surface area contributed by atoms with Crippen LogP contribution in [0.4, 0.5) is 10.5 Å². The lowest BCUT2D eigenvalue weighted by Gasteiger charge is -2.22. The molecule has 2 N–H and O–H groups in total. The Labute approximate surface area is 178 Å². The number of carbonyl (C=O) groups is 2. The Morgan fingerprint density at radius 3 is 2.70 bits per heavy atom. The number of amides is 3. The van der Waals surface area contributed by atoms with Crippen LogP contribution >= 0.6 is 0 Å². The molecule has 0 unspecified atom stereocenters. The second kappa shape index (κ2) is 10.5. The molecule has 1 saturated heterocycles. The molecule has 1 aromatic rings. The fourth-order valence-corrected chi connectivity index (χ4v) is 3.94. The van der Waals surface area contributed by atoms with Crippen molar-refractivity contribution in [1.29, 1.82) is 0 Å². The van der Waals surface area contributed by atoms with Crippen molar-refractivity contribution >= 4 is 17.6 Å². The van der Waals surface area contributed by atoms with Gasteiger partial charge in [0.25, 0.3) is 0 Å². The monoisotopic (exact) mass is 418 g/mol. The minimum absolute atomic E-state index is 0.00995. The van der Waals surface area contributed by atoms with E-state index in [1.54, 1.807) is 4.90 Å². The number of anilines is 1. The summed E-state index contributed by atoms with van der Waals surface area (Å²) >= 11 is 0. The minimum Gasteiger partial charge on any atom is -0.486 e. The average Bonchev–Trinajstić information content (AvgIpc) is 3.10. The highest BCUT2D eigenvalue weighted by atomic mass is 16.6. The molecule has 2 aliphatic rings. The van der Waals surface area contributed by atoms with Crippen molar-refractivity contribution in [1.82, 2.24) is 15.5 Å². The van der Waals surface area contributed by atoms with Gasteiger partial charge in [0.15, 0.2) is 11.5 Å². The number of hydrogen-bond acceptors (Lipinski definition) is 5. The molecule has 3 amide bonds. The van der Waals surface area contributed by atoms with Crippen LogP contribution in [0.25, 0.3) is 0 Å². The number of nitrogens with one attached hydrogen (secondary N) is 2. The van der Waals surface area contributed by atoms with Crippen LogP contribution < -0.4 is 25.0 Å². The van der Waals surface area contributed by atoms with Crippen LogP contribution in [0, 0.1) is 0 Å². The highest BCUT2D eigenvalue weighted by Gasteiger charge is 2.32. The molecule has 2 atom stereocenters. The van der Waals surface area contributed by atoms with Gasteiger partial charge in [0.1, 0.15) is 13.2 Å². The Kier molecular flexibility index (Phi) is 7.79. The summed E-state index contributed by atoms with van der Waals surface area (Å²) in [6, 6.07) is 5.16. The lowest BCUT2D eigenvalue weighted by molar-refractivity contribution is -0.117. The van der Waals surface area contributed by atoms with Gasteiger partial charge in [-0.05, 0) is 51.5 Å². The molecular formula is C22H34N4O4. The van der Waals surface area contributed by atoms with Gasteiger partial charge in [0.05, 0.1) is 6.04 Å². The van der Waals surface area contributed by atoms with Gasteiger partial charge in [-0.1, -0.05) is 13.8 Å². The van der Waals surface area contributed by atoms with Crippen molar-refractivity contribution < 1.29 is 19.1 Å². The first-order chi connectivity index (χ1) is 14.5. The fourth-order valence-electron chi connectivity index (χ4n) is 3.94. The SMILES string of the molecule is CCN(CC)CCC[C@H](C)NC(=O)N[C@@H]1CC(=O)N(c2ccc3c(c2)OCCO3)C1. The van der Waals surface area contributed by atoms with Crippen molar-refractivity contribution in [2.24, 2.45) is 0 Å². The van der Waals surface area contributed by atoms with E-state index in [0.29, 0.717) is 31.3 Å². The number of ether oxygens (including phenoxy) is 2. The number of rotatable bonds is 9. The predicted octanol–water partition coefficient (Wildman–Crippen LogP) is 2.37. The Morgan fingerprint density at radius 1 is 1.23 bits per heavy atom. The van der Waals surface area contributed by atoms with Gasteiger partial charge in [-0.3, -0.25) is 4.79 Å². The van der Waals surface area contributed by atoms with E-state index in [4.69, 9.17) is 9.47 Å². The highest BCUT2D eigenvalue weighted by molar-refractivity contribution is 5.97. The van der Waals surface area contributed by atoms with Gasteiger partial charge in [-0.2, -0.15) is 0 Å². The second-order valence-electron chi connectivity index (χ2n) is 7.92. The van der Waals surface area contributed by atoms with E-state index in [-0.39, 0.29) is 30.4 Å². The van der Waals surface area contributed by atoms with Crippen molar-refractivity contribution in [3.63, 3.8) is 0 Å². The van der Waals surface area contributed by atoms with Crippen LogP contribution in [0.5, 0.6) is 11.5 Å². The normalized spacial score (nSPS) is 19.1. The molecule has 8 nitrogen and oxygen atoms in total. The topological polar surface area (TPSA) is 83.1 Å². The zero-order chi connectivity index (χ0) is 21.5. The summed E-state index contributed by atoms with van der Waals surface area (Å²) in [6.07, 6.45) is 2.26. The molecule has 0 bridgehead atoms.